The van der Waals surface area contributed by atoms with E-state index in [2.05, 4.69) is 27.1 Å². The fourth-order valence-corrected chi connectivity index (χ4v) is 3.45. The van der Waals surface area contributed by atoms with Crippen LogP contribution in [-0.2, 0) is 4.79 Å². The standard InChI is InChI=1S/C14H20N4OSe/c1-9(2)6-10(8-15)7-13(19)16-11-4-3-5-12-14(11)18-20-17-12/h3-5,9-10H,6-8,15H2,1-2H3,(H,16,19)/t10-/m0/s1. The van der Waals surface area contributed by atoms with Gasteiger partial charge in [0.05, 0.1) is 0 Å². The molecule has 1 heterocycles. The summed E-state index contributed by atoms with van der Waals surface area (Å²) < 4.78 is 8.66. The van der Waals surface area contributed by atoms with E-state index in [4.69, 9.17) is 5.73 Å². The van der Waals surface area contributed by atoms with Gasteiger partial charge in [0.15, 0.2) is 0 Å². The maximum atomic E-state index is 12.1. The molecule has 0 bridgehead atoms. The van der Waals surface area contributed by atoms with Gasteiger partial charge in [-0.05, 0) is 0 Å². The van der Waals surface area contributed by atoms with Crippen molar-refractivity contribution in [2.45, 2.75) is 26.7 Å². The first kappa shape index (κ1) is 15.2. The molecular weight excluding hydrogens is 319 g/mol. The zero-order valence-corrected chi connectivity index (χ0v) is 13.5. The number of hydrogen-bond acceptors (Lipinski definition) is 4. The summed E-state index contributed by atoms with van der Waals surface area (Å²) in [4.78, 5) is 12.1. The van der Waals surface area contributed by atoms with Gasteiger partial charge >= 0.3 is 125 Å². The van der Waals surface area contributed by atoms with Crippen molar-refractivity contribution in [2.24, 2.45) is 25.5 Å². The topological polar surface area (TPSA) is 79.8 Å². The molecule has 1 amide bonds. The summed E-state index contributed by atoms with van der Waals surface area (Å²) in [7, 11) is 0. The van der Waals surface area contributed by atoms with Crippen molar-refractivity contribution in [1.82, 2.24) is 0 Å². The van der Waals surface area contributed by atoms with Crippen LogP contribution in [-0.4, -0.2) is 27.0 Å². The number of nitrogens with zero attached hydrogens (tertiary/aromatic N) is 2. The van der Waals surface area contributed by atoms with Crippen molar-refractivity contribution in [3.8, 4) is 0 Å². The molecule has 1 aromatic carbocycles. The molecule has 0 aliphatic carbocycles. The Bertz CT molecular complexity index is 564. The summed E-state index contributed by atoms with van der Waals surface area (Å²) in [5.74, 6) is 0.788. The van der Waals surface area contributed by atoms with Gasteiger partial charge in [-0.15, -0.1) is 0 Å². The average Bonchev–Trinajstić information content (AvgIpc) is 2.86. The summed E-state index contributed by atoms with van der Waals surface area (Å²) in [5.41, 5.74) is 8.19. The monoisotopic (exact) mass is 340 g/mol. The molecule has 0 unspecified atom stereocenters. The minimum absolute atomic E-state index is 0.00380. The van der Waals surface area contributed by atoms with Crippen LogP contribution >= 0.6 is 0 Å². The molecule has 0 radical (unpaired) electrons. The van der Waals surface area contributed by atoms with Gasteiger partial charge in [-0.25, -0.2) is 0 Å². The summed E-state index contributed by atoms with van der Waals surface area (Å²) in [5, 5.41) is 2.94. The number of carbonyl (C=O) groups excluding carboxylic acids is 1. The summed E-state index contributed by atoms with van der Waals surface area (Å²) in [6, 6.07) is 5.69. The van der Waals surface area contributed by atoms with Crippen LogP contribution in [0.4, 0.5) is 17.1 Å². The Morgan fingerprint density at radius 2 is 2.20 bits per heavy atom. The quantitative estimate of drug-likeness (QED) is 0.794. The van der Waals surface area contributed by atoms with Gasteiger partial charge in [-0.1, -0.05) is 0 Å². The second kappa shape index (κ2) is 6.97. The second-order valence-electron chi connectivity index (χ2n) is 5.42. The van der Waals surface area contributed by atoms with E-state index in [0.29, 0.717) is 18.9 Å². The molecule has 0 spiro atoms. The first-order valence-corrected chi connectivity index (χ1v) is 8.34. The van der Waals surface area contributed by atoms with Crippen LogP contribution in [0, 0.1) is 11.8 Å². The zero-order valence-electron chi connectivity index (χ0n) is 11.8. The average molecular weight is 339 g/mol. The van der Waals surface area contributed by atoms with Crippen molar-refractivity contribution >= 4 is 37.5 Å². The predicted molar refractivity (Wildman–Crippen MR) is 81.6 cm³/mol. The molecule has 0 fully saturated rings. The van der Waals surface area contributed by atoms with Crippen molar-refractivity contribution < 1.29 is 4.79 Å². The fourth-order valence-electron chi connectivity index (χ4n) is 2.30. The van der Waals surface area contributed by atoms with E-state index >= 15 is 0 Å². The molecule has 5 nitrogen and oxygen atoms in total. The van der Waals surface area contributed by atoms with Crippen LogP contribution < -0.4 is 11.1 Å². The molecule has 1 aliphatic heterocycles. The molecule has 0 saturated carbocycles. The third-order valence-electron chi connectivity index (χ3n) is 3.17. The second-order valence-corrected chi connectivity index (χ2v) is 6.53. The SMILES string of the molecule is CC(C)C[C@H](CN)CC(=O)Nc1cccc2c1N=[Se]=N2. The Balaban J connectivity index is 1.99. The molecule has 0 saturated heterocycles. The fraction of sp³-hybridized carbons (Fsp3) is 0.500. The van der Waals surface area contributed by atoms with E-state index in [1.807, 2.05) is 18.2 Å². The number of benzene rings is 1. The molecular formula is C14H20N4OSe. The molecule has 2 rings (SSSR count). The number of fused-ring (bicyclic) bond motifs is 1. The maximum absolute atomic E-state index is 12.1. The van der Waals surface area contributed by atoms with Crippen LogP contribution in [0.25, 0.3) is 0 Å². The van der Waals surface area contributed by atoms with E-state index in [9.17, 15) is 4.79 Å². The Morgan fingerprint density at radius 1 is 1.40 bits per heavy atom. The molecule has 6 heteroatoms. The van der Waals surface area contributed by atoms with Crippen molar-refractivity contribution in [1.29, 1.82) is 0 Å². The third-order valence-corrected chi connectivity index (χ3v) is 4.31. The molecule has 1 aliphatic rings. The number of nitrogens with one attached hydrogen (secondary N) is 1. The van der Waals surface area contributed by atoms with Gasteiger partial charge < -0.3 is 0 Å². The minimum atomic E-state index is -0.0827. The molecule has 108 valence electrons. The molecule has 0 aromatic heterocycles. The van der Waals surface area contributed by atoms with E-state index in [0.717, 1.165) is 23.5 Å². The van der Waals surface area contributed by atoms with E-state index in [1.54, 1.807) is 0 Å². The summed E-state index contributed by atoms with van der Waals surface area (Å²) in [6.45, 7) is 4.83. The predicted octanol–water partition coefficient (Wildman–Crippen LogP) is 2.98. The van der Waals surface area contributed by atoms with Gasteiger partial charge in [0.1, 0.15) is 0 Å². The van der Waals surface area contributed by atoms with Crippen LogP contribution in [0.3, 0.4) is 0 Å². The Morgan fingerprint density at radius 3 is 2.90 bits per heavy atom. The molecule has 1 atom stereocenters. The van der Waals surface area contributed by atoms with Gasteiger partial charge in [-0.3, -0.25) is 0 Å². The Hall–Kier alpha value is -1.23. The van der Waals surface area contributed by atoms with Crippen molar-refractivity contribution in [3.05, 3.63) is 18.2 Å². The van der Waals surface area contributed by atoms with Crippen LogP contribution in [0.15, 0.2) is 26.1 Å². The molecule has 3 N–H and O–H groups in total. The zero-order chi connectivity index (χ0) is 14.5. The number of amides is 1. The van der Waals surface area contributed by atoms with Gasteiger partial charge in [0.2, 0.25) is 0 Å². The first-order valence-electron chi connectivity index (χ1n) is 6.81. The van der Waals surface area contributed by atoms with Crippen LogP contribution in [0.2, 0.25) is 0 Å². The number of nitrogens with two attached hydrogens (primary N) is 1. The van der Waals surface area contributed by atoms with Gasteiger partial charge in [0.25, 0.3) is 0 Å². The van der Waals surface area contributed by atoms with Gasteiger partial charge in [0, 0.05) is 0 Å². The van der Waals surface area contributed by atoms with Crippen LogP contribution in [0.5, 0.6) is 0 Å². The van der Waals surface area contributed by atoms with Crippen molar-refractivity contribution in [2.75, 3.05) is 11.9 Å². The number of hydrogen-bond donors (Lipinski definition) is 2. The normalized spacial score (nSPS) is 14.0. The number of carbonyl (C=O) groups is 1. The number of rotatable bonds is 6. The van der Waals surface area contributed by atoms with Crippen LogP contribution in [0.1, 0.15) is 26.7 Å². The van der Waals surface area contributed by atoms with E-state index < -0.39 is 0 Å². The molecule has 20 heavy (non-hydrogen) atoms. The first-order chi connectivity index (χ1) is 9.60. The Kier molecular flexibility index (Phi) is 5.29. The summed E-state index contributed by atoms with van der Waals surface area (Å²) >= 11 is -0.0827. The Labute approximate surface area is 125 Å². The summed E-state index contributed by atoms with van der Waals surface area (Å²) in [6.07, 6.45) is 1.43. The number of anilines is 1. The molecule has 1 aromatic rings. The van der Waals surface area contributed by atoms with E-state index in [1.165, 1.54) is 0 Å². The van der Waals surface area contributed by atoms with Gasteiger partial charge in [-0.2, -0.15) is 0 Å². The third kappa shape index (κ3) is 3.88. The van der Waals surface area contributed by atoms with E-state index in [-0.39, 0.29) is 26.4 Å². The van der Waals surface area contributed by atoms with Crippen molar-refractivity contribution in [3.63, 3.8) is 0 Å².